The first kappa shape index (κ1) is 18.8. The fraction of sp³-hybridized carbons (Fsp3) is 0.529. The highest BCUT2D eigenvalue weighted by atomic mass is 31.2. The number of ether oxygens (including phenoxy) is 2. The van der Waals surface area contributed by atoms with Crippen molar-refractivity contribution in [3.05, 3.63) is 47.3 Å². The Hall–Kier alpha value is -1.49. The molecule has 132 valence electrons. The van der Waals surface area contributed by atoms with E-state index in [4.69, 9.17) is 9.47 Å². The molecule has 0 unspecified atom stereocenters. The lowest BCUT2D eigenvalue weighted by Gasteiger charge is -2.07. The van der Waals surface area contributed by atoms with E-state index in [0.29, 0.717) is 39.1 Å². The monoisotopic (exact) mass is 351 g/mol. The van der Waals surface area contributed by atoms with Crippen LogP contribution in [0.15, 0.2) is 30.5 Å². The molecule has 2 aromatic rings. The van der Waals surface area contributed by atoms with Crippen molar-refractivity contribution in [1.82, 2.24) is 15.0 Å². The average molecular weight is 351 g/mol. The van der Waals surface area contributed by atoms with Gasteiger partial charge in [-0.15, -0.1) is 5.10 Å². The maximum Gasteiger partial charge on any atom is 0.108 e. The van der Waals surface area contributed by atoms with Crippen LogP contribution in [0.5, 0.6) is 0 Å². The molecule has 24 heavy (non-hydrogen) atoms. The van der Waals surface area contributed by atoms with Crippen LogP contribution in [0.25, 0.3) is 0 Å². The minimum atomic E-state index is -1.99. The topological polar surface area (TPSA) is 66.2 Å². The lowest BCUT2D eigenvalue weighted by Crippen LogP contribution is -2.07. The fourth-order valence-corrected chi connectivity index (χ4v) is 2.61. The van der Waals surface area contributed by atoms with E-state index in [1.165, 1.54) is 11.1 Å². The molecule has 6 nitrogen and oxygen atoms in total. The second kappa shape index (κ2) is 9.11. The van der Waals surface area contributed by atoms with Gasteiger partial charge in [-0.2, -0.15) is 0 Å². The summed E-state index contributed by atoms with van der Waals surface area (Å²) >= 11 is 0. The molecule has 1 aromatic carbocycles. The molecule has 0 amide bonds. The van der Waals surface area contributed by atoms with Crippen LogP contribution in [0.3, 0.4) is 0 Å². The quantitative estimate of drug-likeness (QED) is 0.486. The van der Waals surface area contributed by atoms with Crippen LogP contribution in [0, 0.1) is 6.92 Å². The van der Waals surface area contributed by atoms with Gasteiger partial charge < -0.3 is 14.0 Å². The Morgan fingerprint density at radius 3 is 2.50 bits per heavy atom. The summed E-state index contributed by atoms with van der Waals surface area (Å²) in [6.45, 7) is 8.23. The number of nitrogens with zero attached hydrogens (tertiary/aromatic N) is 3. The molecule has 0 saturated carbocycles. The first-order valence-corrected chi connectivity index (χ1v) is 10.8. The first-order valence-electron chi connectivity index (χ1n) is 8.06. The molecule has 7 heteroatoms. The van der Waals surface area contributed by atoms with Gasteiger partial charge in [-0.1, -0.05) is 35.0 Å². The van der Waals surface area contributed by atoms with Crippen LogP contribution in [0.2, 0.25) is 0 Å². The molecule has 1 aromatic heterocycles. The van der Waals surface area contributed by atoms with Gasteiger partial charge in [0, 0.05) is 6.16 Å². The van der Waals surface area contributed by atoms with E-state index in [1.54, 1.807) is 18.0 Å². The Kier molecular flexibility index (Phi) is 7.16. The van der Waals surface area contributed by atoms with Crippen molar-refractivity contribution in [2.75, 3.05) is 39.3 Å². The smallest absolute Gasteiger partial charge is 0.108 e. The fourth-order valence-electron chi connectivity index (χ4n) is 2.04. The van der Waals surface area contributed by atoms with Gasteiger partial charge in [-0.25, -0.2) is 4.68 Å². The number of hydrogen-bond donors (Lipinski definition) is 0. The Morgan fingerprint density at radius 1 is 1.08 bits per heavy atom. The third-order valence-electron chi connectivity index (χ3n) is 3.45. The SMILES string of the molecule is Cc1ccc(Cn2cc(COCCOCCP(C)(C)=O)nn2)cc1. The Balaban J connectivity index is 1.63. The maximum absolute atomic E-state index is 11.5. The summed E-state index contributed by atoms with van der Waals surface area (Å²) in [5.41, 5.74) is 3.23. The van der Waals surface area contributed by atoms with Crippen LogP contribution < -0.4 is 0 Å². The Morgan fingerprint density at radius 2 is 1.79 bits per heavy atom. The summed E-state index contributed by atoms with van der Waals surface area (Å²) in [6, 6.07) is 8.37. The summed E-state index contributed by atoms with van der Waals surface area (Å²) < 4.78 is 24.2. The molecule has 0 atom stereocenters. The number of aryl methyl sites for hydroxylation is 1. The Bertz CT molecular complexity index is 664. The van der Waals surface area contributed by atoms with E-state index >= 15 is 0 Å². The van der Waals surface area contributed by atoms with E-state index in [-0.39, 0.29) is 0 Å². The summed E-state index contributed by atoms with van der Waals surface area (Å²) in [7, 11) is -1.99. The van der Waals surface area contributed by atoms with Gasteiger partial charge in [0.1, 0.15) is 5.69 Å². The molecule has 0 fully saturated rings. The third kappa shape index (κ3) is 7.39. The largest absolute Gasteiger partial charge is 0.379 e. The zero-order chi connectivity index (χ0) is 17.4. The van der Waals surface area contributed by atoms with E-state index < -0.39 is 7.14 Å². The molecule has 1 heterocycles. The van der Waals surface area contributed by atoms with Crippen LogP contribution in [0.4, 0.5) is 0 Å². The van der Waals surface area contributed by atoms with Gasteiger partial charge in [0.2, 0.25) is 0 Å². The van der Waals surface area contributed by atoms with Gasteiger partial charge in [0.15, 0.2) is 0 Å². The third-order valence-corrected chi connectivity index (χ3v) is 4.71. The number of benzene rings is 1. The van der Waals surface area contributed by atoms with Gasteiger partial charge in [-0.05, 0) is 25.8 Å². The van der Waals surface area contributed by atoms with Gasteiger partial charge in [0.25, 0.3) is 0 Å². The van der Waals surface area contributed by atoms with Crippen molar-refractivity contribution in [2.24, 2.45) is 0 Å². The van der Waals surface area contributed by atoms with Crippen molar-refractivity contribution in [1.29, 1.82) is 0 Å². The van der Waals surface area contributed by atoms with E-state index in [2.05, 4.69) is 41.5 Å². The van der Waals surface area contributed by atoms with E-state index in [0.717, 1.165) is 5.69 Å². The van der Waals surface area contributed by atoms with Gasteiger partial charge >= 0.3 is 0 Å². The highest BCUT2D eigenvalue weighted by Crippen LogP contribution is 2.34. The minimum Gasteiger partial charge on any atom is -0.379 e. The Labute approximate surface area is 143 Å². The molecule has 0 spiro atoms. The van der Waals surface area contributed by atoms with Crippen molar-refractivity contribution >= 4 is 7.14 Å². The van der Waals surface area contributed by atoms with Gasteiger partial charge in [0.05, 0.1) is 46.3 Å². The summed E-state index contributed by atoms with van der Waals surface area (Å²) in [5.74, 6) is 0. The molecule has 0 bridgehead atoms. The standard InChI is InChI=1S/C17H26N3O3P/c1-15-4-6-16(7-5-15)12-20-13-17(18-19-20)14-23-9-8-22-10-11-24(2,3)21/h4-7,13H,8-12,14H2,1-3H3. The van der Waals surface area contributed by atoms with Crippen molar-refractivity contribution in [3.8, 4) is 0 Å². The van der Waals surface area contributed by atoms with Crippen LogP contribution in [-0.4, -0.2) is 54.3 Å². The van der Waals surface area contributed by atoms with Crippen molar-refractivity contribution in [2.45, 2.75) is 20.1 Å². The lowest BCUT2D eigenvalue weighted by atomic mass is 10.1. The minimum absolute atomic E-state index is 0.414. The predicted octanol–water partition coefficient (Wildman–Crippen LogP) is 2.79. The highest BCUT2D eigenvalue weighted by molar-refractivity contribution is 7.62. The molecular weight excluding hydrogens is 325 g/mol. The average Bonchev–Trinajstić information content (AvgIpc) is 2.95. The molecule has 0 radical (unpaired) electrons. The molecular formula is C17H26N3O3P. The predicted molar refractivity (Wildman–Crippen MR) is 95.1 cm³/mol. The number of rotatable bonds is 10. The molecule has 0 aliphatic carbocycles. The van der Waals surface area contributed by atoms with Gasteiger partial charge in [-0.3, -0.25) is 0 Å². The molecule has 0 N–H and O–H groups in total. The maximum atomic E-state index is 11.5. The summed E-state index contributed by atoms with van der Waals surface area (Å²) in [6.07, 6.45) is 2.51. The zero-order valence-electron chi connectivity index (χ0n) is 14.6. The normalized spacial score (nSPS) is 11.8. The molecule has 0 saturated heterocycles. The second-order valence-corrected chi connectivity index (χ2v) is 9.95. The zero-order valence-corrected chi connectivity index (χ0v) is 15.5. The second-order valence-electron chi connectivity index (χ2n) is 6.36. The van der Waals surface area contributed by atoms with Crippen molar-refractivity contribution < 1.29 is 14.0 Å². The molecule has 0 aliphatic heterocycles. The summed E-state index contributed by atoms with van der Waals surface area (Å²) in [5, 5.41) is 8.22. The first-order chi connectivity index (χ1) is 11.4. The van der Waals surface area contributed by atoms with Crippen molar-refractivity contribution in [3.63, 3.8) is 0 Å². The van der Waals surface area contributed by atoms with Crippen LogP contribution >= 0.6 is 7.14 Å². The lowest BCUT2D eigenvalue weighted by molar-refractivity contribution is 0.0446. The van der Waals surface area contributed by atoms with E-state index in [1.807, 2.05) is 6.20 Å². The molecule has 2 rings (SSSR count). The van der Waals surface area contributed by atoms with Crippen LogP contribution in [0.1, 0.15) is 16.8 Å². The molecule has 0 aliphatic rings. The number of hydrogen-bond acceptors (Lipinski definition) is 5. The van der Waals surface area contributed by atoms with E-state index in [9.17, 15) is 4.57 Å². The summed E-state index contributed by atoms with van der Waals surface area (Å²) in [4.78, 5) is 0. The van der Waals surface area contributed by atoms with Crippen LogP contribution in [-0.2, 0) is 27.2 Å². The number of aromatic nitrogens is 3. The highest BCUT2D eigenvalue weighted by Gasteiger charge is 2.06.